The number of carbonyl (C=O) groups excluding carboxylic acids is 2. The van der Waals surface area contributed by atoms with Gasteiger partial charge in [-0.25, -0.2) is 0 Å². The number of hydrogen-bond acceptors (Lipinski definition) is 4. The fourth-order valence-corrected chi connectivity index (χ4v) is 0.479. The first-order valence-electron chi connectivity index (χ1n) is 3.43. The average molecular weight is 159 g/mol. The van der Waals surface area contributed by atoms with Gasteiger partial charge in [-0.2, -0.15) is 0 Å². The van der Waals surface area contributed by atoms with Crippen LogP contribution in [0.3, 0.4) is 0 Å². The summed E-state index contributed by atoms with van der Waals surface area (Å²) in [4.78, 5) is 21.0. The second kappa shape index (κ2) is 4.85. The summed E-state index contributed by atoms with van der Waals surface area (Å²) < 4.78 is 4.63. The molecule has 1 unspecified atom stereocenters. The Kier molecular flexibility index (Phi) is 4.45. The molecule has 0 spiro atoms. The number of ketones is 1. The molecule has 0 heterocycles. The second-order valence-corrected chi connectivity index (χ2v) is 2.54. The fraction of sp³-hybridized carbons (Fsp3) is 0.714. The molecule has 4 nitrogen and oxygen atoms in total. The van der Waals surface area contributed by atoms with Gasteiger partial charge in [0.25, 0.3) is 0 Å². The van der Waals surface area contributed by atoms with Gasteiger partial charge in [0.15, 0.2) is 0 Å². The molecule has 4 heteroatoms. The molecular weight excluding hydrogens is 146 g/mol. The van der Waals surface area contributed by atoms with Crippen LogP contribution in [0.5, 0.6) is 0 Å². The van der Waals surface area contributed by atoms with Crippen LogP contribution in [0.1, 0.15) is 20.3 Å². The molecule has 0 aliphatic rings. The van der Waals surface area contributed by atoms with E-state index in [1.54, 1.807) is 6.92 Å². The summed E-state index contributed by atoms with van der Waals surface area (Å²) in [5, 5.41) is 0. The van der Waals surface area contributed by atoms with Crippen LogP contribution in [-0.2, 0) is 14.3 Å². The van der Waals surface area contributed by atoms with Crippen molar-refractivity contribution in [1.29, 1.82) is 0 Å². The zero-order valence-corrected chi connectivity index (χ0v) is 6.79. The lowest BCUT2D eigenvalue weighted by Gasteiger charge is -2.05. The smallest absolute Gasteiger partial charge is 0.313 e. The van der Waals surface area contributed by atoms with Gasteiger partial charge in [0, 0.05) is 6.04 Å². The number of ether oxygens (including phenoxy) is 1. The van der Waals surface area contributed by atoms with Gasteiger partial charge in [-0.1, -0.05) is 0 Å². The van der Waals surface area contributed by atoms with Crippen molar-refractivity contribution in [3.63, 3.8) is 0 Å². The maximum atomic E-state index is 10.7. The van der Waals surface area contributed by atoms with E-state index in [1.807, 2.05) is 0 Å². The van der Waals surface area contributed by atoms with E-state index in [0.29, 0.717) is 0 Å². The van der Waals surface area contributed by atoms with Crippen LogP contribution in [0, 0.1) is 0 Å². The average Bonchev–Trinajstić information content (AvgIpc) is 1.82. The number of nitrogens with two attached hydrogens (primary N) is 1. The Balaban J connectivity index is 3.46. The van der Waals surface area contributed by atoms with E-state index in [2.05, 4.69) is 4.74 Å². The maximum Gasteiger partial charge on any atom is 0.313 e. The van der Waals surface area contributed by atoms with Crippen molar-refractivity contribution in [2.45, 2.75) is 26.3 Å². The van der Waals surface area contributed by atoms with Crippen LogP contribution >= 0.6 is 0 Å². The summed E-state index contributed by atoms with van der Waals surface area (Å²) >= 11 is 0. The molecule has 0 amide bonds. The minimum atomic E-state index is -0.505. The first kappa shape index (κ1) is 10.1. The Morgan fingerprint density at radius 2 is 2.09 bits per heavy atom. The van der Waals surface area contributed by atoms with Crippen molar-refractivity contribution in [2.75, 3.05) is 6.61 Å². The lowest BCUT2D eigenvalue weighted by atomic mass is 10.3. The van der Waals surface area contributed by atoms with E-state index in [4.69, 9.17) is 5.73 Å². The Hall–Kier alpha value is -0.900. The van der Waals surface area contributed by atoms with E-state index in [9.17, 15) is 9.59 Å². The lowest BCUT2D eigenvalue weighted by Crippen LogP contribution is -2.24. The van der Waals surface area contributed by atoms with Gasteiger partial charge in [-0.3, -0.25) is 9.59 Å². The summed E-state index contributed by atoms with van der Waals surface area (Å²) in [5.41, 5.74) is 5.31. The molecule has 1 atom stereocenters. The molecule has 0 fully saturated rings. The predicted molar refractivity (Wildman–Crippen MR) is 39.9 cm³/mol. The SMILES string of the molecule is CC(=O)CC(=O)OCC(C)N. The predicted octanol–water partition coefficient (Wildman–Crippen LogP) is -0.144. The minimum absolute atomic E-state index is 0.160. The Morgan fingerprint density at radius 1 is 1.55 bits per heavy atom. The van der Waals surface area contributed by atoms with Gasteiger partial charge in [0.1, 0.15) is 18.8 Å². The third-order valence-electron chi connectivity index (χ3n) is 0.900. The van der Waals surface area contributed by atoms with Gasteiger partial charge >= 0.3 is 5.97 Å². The van der Waals surface area contributed by atoms with Crippen LogP contribution < -0.4 is 5.73 Å². The highest BCUT2D eigenvalue weighted by molar-refractivity contribution is 5.94. The van der Waals surface area contributed by atoms with Crippen molar-refractivity contribution in [3.8, 4) is 0 Å². The molecule has 0 aliphatic carbocycles. The first-order chi connectivity index (χ1) is 5.02. The maximum absolute atomic E-state index is 10.7. The number of carbonyl (C=O) groups is 2. The molecule has 11 heavy (non-hydrogen) atoms. The largest absolute Gasteiger partial charge is 0.464 e. The Morgan fingerprint density at radius 3 is 2.45 bits per heavy atom. The van der Waals surface area contributed by atoms with Crippen LogP contribution in [0.15, 0.2) is 0 Å². The van der Waals surface area contributed by atoms with E-state index in [0.717, 1.165) is 0 Å². The summed E-state index contributed by atoms with van der Waals surface area (Å²) in [7, 11) is 0. The number of esters is 1. The van der Waals surface area contributed by atoms with Gasteiger partial charge in [-0.15, -0.1) is 0 Å². The molecule has 0 aromatic rings. The summed E-state index contributed by atoms with van der Waals surface area (Å²) in [6, 6.07) is -0.175. The third-order valence-corrected chi connectivity index (χ3v) is 0.900. The summed E-state index contributed by atoms with van der Waals surface area (Å²) in [6.45, 7) is 3.24. The molecular formula is C7H13NO3. The fourth-order valence-electron chi connectivity index (χ4n) is 0.479. The van der Waals surface area contributed by atoms with Gasteiger partial charge in [0.05, 0.1) is 0 Å². The van der Waals surface area contributed by atoms with Crippen molar-refractivity contribution in [2.24, 2.45) is 5.73 Å². The molecule has 0 rings (SSSR count). The minimum Gasteiger partial charge on any atom is -0.464 e. The molecule has 0 aliphatic heterocycles. The first-order valence-corrected chi connectivity index (χ1v) is 3.43. The van der Waals surface area contributed by atoms with E-state index in [1.165, 1.54) is 6.92 Å². The highest BCUT2D eigenvalue weighted by Gasteiger charge is 2.06. The van der Waals surface area contributed by atoms with Crippen LogP contribution in [0.4, 0.5) is 0 Å². The molecule has 0 saturated heterocycles. The molecule has 0 aromatic carbocycles. The standard InChI is InChI=1S/C7H13NO3/c1-5(8)4-11-7(10)3-6(2)9/h5H,3-4,8H2,1-2H3. The zero-order valence-electron chi connectivity index (χ0n) is 6.79. The third kappa shape index (κ3) is 6.99. The number of Topliss-reactive ketones (excluding diaryl/α,β-unsaturated/α-hetero) is 1. The summed E-state index contributed by atoms with van der Waals surface area (Å²) in [6.07, 6.45) is -0.160. The topological polar surface area (TPSA) is 69.4 Å². The number of rotatable bonds is 4. The van der Waals surface area contributed by atoms with Gasteiger partial charge in [-0.05, 0) is 13.8 Å². The highest BCUT2D eigenvalue weighted by atomic mass is 16.5. The lowest BCUT2D eigenvalue weighted by molar-refractivity contribution is -0.146. The number of hydrogen-bond donors (Lipinski definition) is 1. The van der Waals surface area contributed by atoms with Crippen molar-refractivity contribution < 1.29 is 14.3 Å². The molecule has 0 bridgehead atoms. The normalized spacial score (nSPS) is 12.3. The molecule has 2 N–H and O–H groups in total. The van der Waals surface area contributed by atoms with Crippen LogP contribution in [0.2, 0.25) is 0 Å². The van der Waals surface area contributed by atoms with Crippen LogP contribution in [0.25, 0.3) is 0 Å². The van der Waals surface area contributed by atoms with Crippen molar-refractivity contribution >= 4 is 11.8 Å². The van der Waals surface area contributed by atoms with E-state index < -0.39 is 5.97 Å². The molecule has 0 radical (unpaired) electrons. The summed E-state index contributed by atoms with van der Waals surface area (Å²) in [5.74, 6) is -0.700. The monoisotopic (exact) mass is 159 g/mol. The highest BCUT2D eigenvalue weighted by Crippen LogP contribution is 1.88. The quantitative estimate of drug-likeness (QED) is 0.457. The molecule has 64 valence electrons. The zero-order chi connectivity index (χ0) is 8.85. The van der Waals surface area contributed by atoms with Gasteiger partial charge in [0.2, 0.25) is 0 Å². The van der Waals surface area contributed by atoms with E-state index in [-0.39, 0.29) is 24.9 Å². The Labute approximate surface area is 65.7 Å². The molecule has 0 aromatic heterocycles. The van der Waals surface area contributed by atoms with Crippen molar-refractivity contribution in [3.05, 3.63) is 0 Å². The van der Waals surface area contributed by atoms with E-state index >= 15 is 0 Å². The Bertz CT molecular complexity index is 154. The van der Waals surface area contributed by atoms with Crippen LogP contribution in [-0.4, -0.2) is 24.4 Å². The second-order valence-electron chi connectivity index (χ2n) is 2.54. The van der Waals surface area contributed by atoms with Gasteiger partial charge < -0.3 is 10.5 Å². The van der Waals surface area contributed by atoms with Crippen molar-refractivity contribution in [1.82, 2.24) is 0 Å². The molecule has 0 saturated carbocycles.